The molecule has 0 atom stereocenters. The van der Waals surface area contributed by atoms with Crippen molar-refractivity contribution in [1.82, 2.24) is 10.6 Å². The number of rotatable bonds is 0. The molecule has 0 bridgehead atoms. The van der Waals surface area contributed by atoms with Gasteiger partial charge in [0.1, 0.15) is 0 Å². The normalized spacial score (nSPS) is 17.8. The Hall–Kier alpha value is -0.0800. The first-order valence-corrected chi connectivity index (χ1v) is 13.1. The number of nitrogens with one attached hydrogen (secondary N) is 2. The molecule has 0 radical (unpaired) electrons. The van der Waals surface area contributed by atoms with Crippen LogP contribution in [0.5, 0.6) is 0 Å². The van der Waals surface area contributed by atoms with Crippen molar-refractivity contribution in [2.75, 3.05) is 26.2 Å². The lowest BCUT2D eigenvalue weighted by Gasteiger charge is -1.91. The molecule has 2 saturated heterocycles. The zero-order valence-electron chi connectivity index (χ0n) is 22.3. The molecule has 180 valence electrons. The molecule has 0 aromatic carbocycles. The molecule has 3 aliphatic rings. The van der Waals surface area contributed by atoms with Gasteiger partial charge in [0.15, 0.2) is 0 Å². The molecule has 2 nitrogen and oxygen atoms in total. The van der Waals surface area contributed by atoms with E-state index in [-0.39, 0.29) is 0 Å². The highest BCUT2D eigenvalue weighted by atomic mass is 14.9. The highest BCUT2D eigenvalue weighted by Gasteiger charge is 1.95. The van der Waals surface area contributed by atoms with Gasteiger partial charge in [-0.3, -0.25) is 0 Å². The predicted molar refractivity (Wildman–Crippen MR) is 138 cm³/mol. The van der Waals surface area contributed by atoms with Gasteiger partial charge in [-0.1, -0.05) is 107 Å². The zero-order chi connectivity index (χ0) is 22.8. The molecular formula is C27H62N2. The minimum Gasteiger partial charge on any atom is -0.317 e. The smallest absolute Gasteiger partial charge is 0.00484 e. The Kier molecular flexibility index (Phi) is 34.8. The van der Waals surface area contributed by atoms with Crippen LogP contribution in [0, 0.1) is 17.8 Å². The Labute approximate surface area is 187 Å². The van der Waals surface area contributed by atoms with Crippen LogP contribution in [0.15, 0.2) is 0 Å². The van der Waals surface area contributed by atoms with E-state index in [4.69, 9.17) is 0 Å². The molecule has 2 aliphatic heterocycles. The van der Waals surface area contributed by atoms with E-state index >= 15 is 0 Å². The van der Waals surface area contributed by atoms with Gasteiger partial charge in [-0.15, -0.1) is 0 Å². The molecule has 3 fully saturated rings. The van der Waals surface area contributed by atoms with Crippen LogP contribution in [0.25, 0.3) is 0 Å². The topological polar surface area (TPSA) is 24.1 Å². The van der Waals surface area contributed by atoms with E-state index in [0.717, 1.165) is 17.8 Å². The summed E-state index contributed by atoms with van der Waals surface area (Å²) in [4.78, 5) is 0. The molecule has 3 rings (SSSR count). The third-order valence-electron chi connectivity index (χ3n) is 3.66. The molecule has 0 spiro atoms. The molecule has 2 heteroatoms. The lowest BCUT2D eigenvalue weighted by molar-refractivity contribution is 0.702. The maximum Gasteiger partial charge on any atom is -0.00484 e. The third kappa shape index (κ3) is 65.5. The molecule has 0 unspecified atom stereocenters. The summed E-state index contributed by atoms with van der Waals surface area (Å²) >= 11 is 0. The Balaban J connectivity index is -0.000000285. The summed E-state index contributed by atoms with van der Waals surface area (Å²) in [5.41, 5.74) is 0. The maximum atomic E-state index is 3.35. The van der Waals surface area contributed by atoms with Crippen molar-refractivity contribution < 1.29 is 0 Å². The summed E-state index contributed by atoms with van der Waals surface area (Å²) in [6.45, 7) is 24.5. The fourth-order valence-corrected chi connectivity index (χ4v) is 2.49. The van der Waals surface area contributed by atoms with Crippen molar-refractivity contribution in [2.24, 2.45) is 17.8 Å². The van der Waals surface area contributed by atoms with Crippen molar-refractivity contribution in [1.29, 1.82) is 0 Å². The lowest BCUT2D eigenvalue weighted by Crippen LogP contribution is -2.12. The van der Waals surface area contributed by atoms with E-state index in [1.54, 1.807) is 0 Å². The van der Waals surface area contributed by atoms with Crippen molar-refractivity contribution in [3.8, 4) is 0 Å². The van der Waals surface area contributed by atoms with Gasteiger partial charge in [0.25, 0.3) is 0 Å². The van der Waals surface area contributed by atoms with Gasteiger partial charge in [0, 0.05) is 0 Å². The molecule has 2 heterocycles. The zero-order valence-corrected chi connectivity index (χ0v) is 22.3. The molecule has 0 aromatic rings. The van der Waals surface area contributed by atoms with Crippen molar-refractivity contribution >= 4 is 0 Å². The van der Waals surface area contributed by atoms with Gasteiger partial charge in [-0.25, -0.2) is 0 Å². The van der Waals surface area contributed by atoms with E-state index in [0.29, 0.717) is 0 Å². The van der Waals surface area contributed by atoms with Gasteiger partial charge in [0.05, 0.1) is 0 Å². The first-order chi connectivity index (χ1) is 13.7. The van der Waals surface area contributed by atoms with Gasteiger partial charge >= 0.3 is 0 Å². The second-order valence-corrected chi connectivity index (χ2v) is 10.6. The Morgan fingerprint density at radius 2 is 0.448 bits per heavy atom. The molecule has 0 amide bonds. The van der Waals surface area contributed by atoms with Crippen LogP contribution in [0.2, 0.25) is 0 Å². The Morgan fingerprint density at radius 1 is 0.310 bits per heavy atom. The maximum absolute atomic E-state index is 3.35. The summed E-state index contributed by atoms with van der Waals surface area (Å²) in [5, 5.41) is 6.57. The van der Waals surface area contributed by atoms with Crippen molar-refractivity contribution in [2.45, 2.75) is 133 Å². The third-order valence-corrected chi connectivity index (χ3v) is 3.66. The number of hydrogen-bond acceptors (Lipinski definition) is 2. The quantitative estimate of drug-likeness (QED) is 0.415. The monoisotopic (exact) mass is 414 g/mol. The average molecular weight is 415 g/mol. The molecular weight excluding hydrogens is 352 g/mol. The van der Waals surface area contributed by atoms with E-state index < -0.39 is 0 Å². The molecule has 2 N–H and O–H groups in total. The van der Waals surface area contributed by atoms with Crippen molar-refractivity contribution in [3.05, 3.63) is 0 Å². The van der Waals surface area contributed by atoms with Crippen LogP contribution in [-0.2, 0) is 0 Å². The van der Waals surface area contributed by atoms with Crippen LogP contribution in [0.1, 0.15) is 133 Å². The first kappa shape index (κ1) is 33.6. The van der Waals surface area contributed by atoms with Crippen LogP contribution >= 0.6 is 0 Å². The van der Waals surface area contributed by atoms with E-state index in [2.05, 4.69) is 72.9 Å². The number of hydrogen-bond donors (Lipinski definition) is 2. The van der Waals surface area contributed by atoms with E-state index in [1.807, 2.05) is 0 Å². The summed E-state index contributed by atoms with van der Waals surface area (Å²) in [7, 11) is 0. The first-order valence-electron chi connectivity index (χ1n) is 13.1. The van der Waals surface area contributed by atoms with Crippen LogP contribution in [0.4, 0.5) is 0 Å². The highest BCUT2D eigenvalue weighted by Crippen LogP contribution is 2.15. The standard InChI is InChI=1S/C6H13N.C5H10.C4H9N.3C4H10/c1-2-4-6-7-5-3-1;2*1-2-4-5-3-1;3*1-4(2)3/h7H,1-6H2;1-5H2;5H,1-4H2;3*4H,1-3H3. The highest BCUT2D eigenvalue weighted by molar-refractivity contribution is 4.56. The van der Waals surface area contributed by atoms with Gasteiger partial charge < -0.3 is 10.6 Å². The summed E-state index contributed by atoms with van der Waals surface area (Å²) in [6, 6.07) is 0. The lowest BCUT2D eigenvalue weighted by atomic mass is 10.2. The second-order valence-electron chi connectivity index (χ2n) is 10.6. The predicted octanol–water partition coefficient (Wildman–Crippen LogP) is 8.46. The van der Waals surface area contributed by atoms with E-state index in [1.165, 1.54) is 96.8 Å². The van der Waals surface area contributed by atoms with Gasteiger partial charge in [-0.05, 0) is 69.6 Å². The molecule has 29 heavy (non-hydrogen) atoms. The van der Waals surface area contributed by atoms with Crippen LogP contribution < -0.4 is 10.6 Å². The minimum atomic E-state index is 0.833. The molecule has 1 saturated carbocycles. The fraction of sp³-hybridized carbons (Fsp3) is 1.00. The SMILES string of the molecule is C1CCCC1.C1CCCNCC1.C1CCNC1.CC(C)C.CC(C)C.CC(C)C. The van der Waals surface area contributed by atoms with Gasteiger partial charge in [0.2, 0.25) is 0 Å². The van der Waals surface area contributed by atoms with Crippen molar-refractivity contribution in [3.63, 3.8) is 0 Å². The second kappa shape index (κ2) is 30.1. The largest absolute Gasteiger partial charge is 0.317 e. The fourth-order valence-electron chi connectivity index (χ4n) is 2.49. The molecule has 0 aromatic heterocycles. The van der Waals surface area contributed by atoms with Gasteiger partial charge in [-0.2, -0.15) is 0 Å². The Bertz CT molecular complexity index is 174. The average Bonchev–Trinajstić information content (AvgIpc) is 3.29. The summed E-state index contributed by atoms with van der Waals surface area (Å²) in [5.74, 6) is 2.50. The van der Waals surface area contributed by atoms with Crippen LogP contribution in [-0.4, -0.2) is 26.2 Å². The molecule has 1 aliphatic carbocycles. The summed E-state index contributed by atoms with van der Waals surface area (Å²) < 4.78 is 0. The summed E-state index contributed by atoms with van der Waals surface area (Å²) in [6.07, 6.45) is 15.9. The Morgan fingerprint density at radius 3 is 0.655 bits per heavy atom. The van der Waals surface area contributed by atoms with E-state index in [9.17, 15) is 0 Å². The van der Waals surface area contributed by atoms with Crippen LogP contribution in [0.3, 0.4) is 0 Å². The minimum absolute atomic E-state index is 0.833.